The first kappa shape index (κ1) is 15.0. The molecule has 0 rings (SSSR count). The van der Waals surface area contributed by atoms with Crippen LogP contribution in [0.15, 0.2) is 0 Å². The molecule has 0 aromatic rings. The van der Waals surface area contributed by atoms with Crippen molar-refractivity contribution in [2.24, 2.45) is 0 Å². The van der Waals surface area contributed by atoms with Gasteiger partial charge in [0.2, 0.25) is 0 Å². The monoisotopic (exact) mass is 213 g/mol. The fraction of sp³-hybridized carbons (Fsp3) is 1.00. The predicted octanol–water partition coefficient (Wildman–Crippen LogP) is 4.51. The predicted molar refractivity (Wildman–Crippen MR) is 70.3 cm³/mol. The van der Waals surface area contributed by atoms with E-state index in [4.69, 9.17) is 0 Å². The molecule has 1 atom stereocenters. The number of nitrogens with one attached hydrogen (secondary N) is 1. The average Bonchev–Trinajstić information content (AvgIpc) is 2.12. The Labute approximate surface area is 97.0 Å². The lowest BCUT2D eigenvalue weighted by Gasteiger charge is -2.28. The molecule has 0 saturated carbocycles. The van der Waals surface area contributed by atoms with E-state index in [2.05, 4.69) is 39.9 Å². The van der Waals surface area contributed by atoms with Gasteiger partial charge in [-0.1, -0.05) is 46.0 Å². The highest BCUT2D eigenvalue weighted by atomic mass is 15.0. The molecule has 1 heteroatoms. The highest BCUT2D eigenvalue weighted by molar-refractivity contribution is 4.77. The average molecular weight is 213 g/mol. The van der Waals surface area contributed by atoms with Crippen LogP contribution in [0.3, 0.4) is 0 Å². The Hall–Kier alpha value is -0.0400. The second-order valence-corrected chi connectivity index (χ2v) is 5.73. The van der Waals surface area contributed by atoms with Crippen molar-refractivity contribution in [1.82, 2.24) is 5.32 Å². The van der Waals surface area contributed by atoms with E-state index in [1.165, 1.54) is 44.9 Å². The van der Waals surface area contributed by atoms with Gasteiger partial charge in [-0.15, -0.1) is 0 Å². The molecule has 0 radical (unpaired) electrons. The van der Waals surface area contributed by atoms with Gasteiger partial charge in [-0.05, 0) is 33.6 Å². The first-order valence-corrected chi connectivity index (χ1v) is 6.77. The van der Waals surface area contributed by atoms with Crippen LogP contribution in [0.5, 0.6) is 0 Å². The summed E-state index contributed by atoms with van der Waals surface area (Å²) in [5.74, 6) is 0. The maximum atomic E-state index is 3.75. The molecule has 1 nitrogen and oxygen atoms in total. The van der Waals surface area contributed by atoms with E-state index in [1.54, 1.807) is 0 Å². The van der Waals surface area contributed by atoms with Crippen molar-refractivity contribution in [3.8, 4) is 0 Å². The summed E-state index contributed by atoms with van der Waals surface area (Å²) in [4.78, 5) is 0. The Morgan fingerprint density at radius 2 is 1.40 bits per heavy atom. The molecule has 1 unspecified atom stereocenters. The molecular formula is C14H31N. The van der Waals surface area contributed by atoms with Crippen LogP contribution in [0, 0.1) is 0 Å². The third-order valence-electron chi connectivity index (χ3n) is 2.70. The molecule has 0 aliphatic rings. The van der Waals surface area contributed by atoms with Crippen LogP contribution in [0.4, 0.5) is 0 Å². The molecule has 0 bridgehead atoms. The van der Waals surface area contributed by atoms with E-state index >= 15 is 0 Å². The summed E-state index contributed by atoms with van der Waals surface area (Å²) in [6, 6.07) is 0.733. The third kappa shape index (κ3) is 10.2. The van der Waals surface area contributed by atoms with E-state index in [-0.39, 0.29) is 5.54 Å². The van der Waals surface area contributed by atoms with E-state index < -0.39 is 0 Å². The van der Waals surface area contributed by atoms with Crippen molar-refractivity contribution >= 4 is 0 Å². The zero-order valence-electron chi connectivity index (χ0n) is 11.5. The molecule has 92 valence electrons. The number of unbranched alkanes of at least 4 members (excludes halogenated alkanes) is 3. The van der Waals surface area contributed by atoms with Gasteiger partial charge in [0.25, 0.3) is 0 Å². The highest BCUT2D eigenvalue weighted by Crippen LogP contribution is 2.13. The van der Waals surface area contributed by atoms with Crippen LogP contribution >= 0.6 is 0 Å². The van der Waals surface area contributed by atoms with Gasteiger partial charge in [-0.25, -0.2) is 0 Å². The molecule has 0 heterocycles. The van der Waals surface area contributed by atoms with Crippen LogP contribution in [0.2, 0.25) is 0 Å². The van der Waals surface area contributed by atoms with E-state index in [1.807, 2.05) is 0 Å². The molecule has 0 spiro atoms. The van der Waals surface area contributed by atoms with Gasteiger partial charge < -0.3 is 5.32 Å². The minimum absolute atomic E-state index is 0.268. The Morgan fingerprint density at radius 3 is 1.87 bits per heavy atom. The number of hydrogen-bond acceptors (Lipinski definition) is 1. The van der Waals surface area contributed by atoms with Crippen molar-refractivity contribution in [2.75, 3.05) is 0 Å². The second-order valence-electron chi connectivity index (χ2n) is 5.73. The molecule has 0 aliphatic heterocycles. The smallest absolute Gasteiger partial charge is 0.00990 e. The normalized spacial score (nSPS) is 14.2. The van der Waals surface area contributed by atoms with E-state index in [0.717, 1.165) is 6.04 Å². The van der Waals surface area contributed by atoms with Crippen molar-refractivity contribution < 1.29 is 0 Å². The van der Waals surface area contributed by atoms with Crippen LogP contribution in [0.25, 0.3) is 0 Å². The first-order valence-electron chi connectivity index (χ1n) is 6.77. The van der Waals surface area contributed by atoms with Crippen LogP contribution in [0.1, 0.15) is 79.6 Å². The van der Waals surface area contributed by atoms with Gasteiger partial charge in [-0.2, -0.15) is 0 Å². The first-order chi connectivity index (χ1) is 6.99. The molecule has 15 heavy (non-hydrogen) atoms. The van der Waals surface area contributed by atoms with Crippen molar-refractivity contribution in [1.29, 1.82) is 0 Å². The SMILES string of the molecule is CCCCCC(CCCC)NC(C)(C)C. The molecule has 0 fully saturated rings. The van der Waals surface area contributed by atoms with E-state index in [0.29, 0.717) is 0 Å². The van der Waals surface area contributed by atoms with Crippen LogP contribution < -0.4 is 5.32 Å². The lowest BCUT2D eigenvalue weighted by molar-refractivity contribution is 0.321. The highest BCUT2D eigenvalue weighted by Gasteiger charge is 2.16. The number of hydrogen-bond donors (Lipinski definition) is 1. The van der Waals surface area contributed by atoms with Crippen LogP contribution in [-0.2, 0) is 0 Å². The Morgan fingerprint density at radius 1 is 0.867 bits per heavy atom. The summed E-state index contributed by atoms with van der Waals surface area (Å²) in [6.45, 7) is 11.4. The molecule has 1 N–H and O–H groups in total. The standard InChI is InChI=1S/C14H31N/c1-6-8-10-12-13(11-9-7-2)15-14(3,4)5/h13,15H,6-12H2,1-5H3. The molecule has 0 saturated heterocycles. The lowest BCUT2D eigenvalue weighted by Crippen LogP contribution is -2.43. The van der Waals surface area contributed by atoms with Gasteiger partial charge in [0.1, 0.15) is 0 Å². The van der Waals surface area contributed by atoms with Gasteiger partial charge in [-0.3, -0.25) is 0 Å². The van der Waals surface area contributed by atoms with Gasteiger partial charge >= 0.3 is 0 Å². The topological polar surface area (TPSA) is 12.0 Å². The van der Waals surface area contributed by atoms with Crippen molar-refractivity contribution in [3.05, 3.63) is 0 Å². The molecule has 0 amide bonds. The fourth-order valence-corrected chi connectivity index (χ4v) is 1.99. The van der Waals surface area contributed by atoms with Gasteiger partial charge in [0, 0.05) is 11.6 Å². The largest absolute Gasteiger partial charge is 0.309 e. The number of rotatable bonds is 8. The summed E-state index contributed by atoms with van der Waals surface area (Å²) < 4.78 is 0. The van der Waals surface area contributed by atoms with Crippen molar-refractivity contribution in [2.45, 2.75) is 91.1 Å². The minimum atomic E-state index is 0.268. The maximum Gasteiger partial charge on any atom is 0.00990 e. The maximum absolute atomic E-state index is 3.75. The molecular weight excluding hydrogens is 182 g/mol. The van der Waals surface area contributed by atoms with E-state index in [9.17, 15) is 0 Å². The van der Waals surface area contributed by atoms with Gasteiger partial charge in [0.05, 0.1) is 0 Å². The summed E-state index contributed by atoms with van der Waals surface area (Å²) in [7, 11) is 0. The summed E-state index contributed by atoms with van der Waals surface area (Å²) >= 11 is 0. The van der Waals surface area contributed by atoms with Crippen LogP contribution in [-0.4, -0.2) is 11.6 Å². The Kier molecular flexibility index (Phi) is 8.13. The molecule has 0 aromatic heterocycles. The Balaban J connectivity index is 3.84. The summed E-state index contributed by atoms with van der Waals surface area (Å²) in [5.41, 5.74) is 0.268. The molecule has 0 aromatic carbocycles. The zero-order chi connectivity index (χ0) is 11.7. The molecule has 0 aliphatic carbocycles. The van der Waals surface area contributed by atoms with Crippen molar-refractivity contribution in [3.63, 3.8) is 0 Å². The zero-order valence-corrected chi connectivity index (χ0v) is 11.5. The second kappa shape index (κ2) is 8.15. The fourth-order valence-electron chi connectivity index (χ4n) is 1.99. The summed E-state index contributed by atoms with van der Waals surface area (Å²) in [5, 5.41) is 3.75. The Bertz CT molecular complexity index is 135. The quantitative estimate of drug-likeness (QED) is 0.585. The third-order valence-corrected chi connectivity index (χ3v) is 2.70. The van der Waals surface area contributed by atoms with Gasteiger partial charge in [0.15, 0.2) is 0 Å². The minimum Gasteiger partial charge on any atom is -0.309 e. The summed E-state index contributed by atoms with van der Waals surface area (Å²) in [6.07, 6.45) is 9.47. The lowest BCUT2D eigenvalue weighted by atomic mass is 9.99.